The Morgan fingerprint density at radius 1 is 1.20 bits per heavy atom. The normalized spacial score (nSPS) is 11.1. The van der Waals surface area contributed by atoms with Crippen LogP contribution < -0.4 is 4.72 Å². The Morgan fingerprint density at radius 2 is 1.85 bits per heavy atom. The third-order valence-corrected chi connectivity index (χ3v) is 4.30. The fourth-order valence-corrected chi connectivity index (χ4v) is 2.75. The van der Waals surface area contributed by atoms with Crippen LogP contribution in [-0.4, -0.2) is 21.5 Å². The molecule has 0 aliphatic rings. The second-order valence-electron chi connectivity index (χ2n) is 3.72. The average molecular weight is 407 g/mol. The fraction of sp³-hybridized carbons (Fsp3) is 0.0833. The highest BCUT2D eigenvalue weighted by Crippen LogP contribution is 2.19. The molecule has 0 spiro atoms. The van der Waals surface area contributed by atoms with Crippen LogP contribution in [0.5, 0.6) is 0 Å². The first kappa shape index (κ1) is 14.9. The Balaban J connectivity index is 2.24. The lowest BCUT2D eigenvalue weighted by atomic mass is 10.3. The summed E-state index contributed by atoms with van der Waals surface area (Å²) in [5, 5.41) is -0.351. The summed E-state index contributed by atoms with van der Waals surface area (Å²) >= 11 is 2.11. The summed E-state index contributed by atoms with van der Waals surface area (Å²) in [6.07, 6.45) is 0. The van der Waals surface area contributed by atoms with Gasteiger partial charge in [0.25, 0.3) is 10.0 Å². The Kier molecular flexibility index (Phi) is 4.33. The van der Waals surface area contributed by atoms with Gasteiger partial charge in [0.1, 0.15) is 0 Å². The summed E-state index contributed by atoms with van der Waals surface area (Å²) in [6.45, 7) is 0. The van der Waals surface area contributed by atoms with Crippen molar-refractivity contribution in [1.29, 1.82) is 0 Å². The molecule has 0 amide bonds. The van der Waals surface area contributed by atoms with E-state index in [4.69, 9.17) is 4.42 Å². The number of halogens is 1. The number of carbonyl (C=O) groups excluding carboxylic acids is 1. The number of esters is 1. The van der Waals surface area contributed by atoms with Crippen LogP contribution in [0, 0.1) is 3.57 Å². The largest absolute Gasteiger partial charge is 0.463 e. The van der Waals surface area contributed by atoms with Crippen LogP contribution in [0.2, 0.25) is 0 Å². The molecule has 20 heavy (non-hydrogen) atoms. The molecule has 0 saturated heterocycles. The second-order valence-corrected chi connectivity index (χ2v) is 6.58. The predicted octanol–water partition coefficient (Wildman–Crippen LogP) is 2.47. The molecule has 2 aromatic rings. The van der Waals surface area contributed by atoms with Gasteiger partial charge in [-0.3, -0.25) is 4.72 Å². The van der Waals surface area contributed by atoms with Crippen LogP contribution in [-0.2, 0) is 14.8 Å². The zero-order valence-corrected chi connectivity index (χ0v) is 13.3. The van der Waals surface area contributed by atoms with E-state index in [2.05, 4.69) is 32.0 Å². The summed E-state index contributed by atoms with van der Waals surface area (Å²) in [7, 11) is -2.69. The molecular formula is C12H10INO5S. The van der Waals surface area contributed by atoms with Crippen molar-refractivity contribution in [3.63, 3.8) is 0 Å². The molecule has 1 heterocycles. The van der Waals surface area contributed by atoms with Crippen molar-refractivity contribution in [2.75, 3.05) is 11.8 Å². The van der Waals surface area contributed by atoms with Crippen LogP contribution in [0.4, 0.5) is 5.69 Å². The molecule has 0 aliphatic carbocycles. The molecule has 1 aromatic carbocycles. The van der Waals surface area contributed by atoms with Gasteiger partial charge in [0.15, 0.2) is 0 Å². The SMILES string of the molecule is COC(=O)c1ccc(S(=O)(=O)Nc2ccc(I)cc2)o1. The van der Waals surface area contributed by atoms with Crippen molar-refractivity contribution < 1.29 is 22.4 Å². The van der Waals surface area contributed by atoms with E-state index in [1.54, 1.807) is 24.3 Å². The number of sulfonamides is 1. The van der Waals surface area contributed by atoms with Gasteiger partial charge in [0.2, 0.25) is 10.9 Å². The average Bonchev–Trinajstić information content (AvgIpc) is 2.91. The van der Waals surface area contributed by atoms with E-state index < -0.39 is 16.0 Å². The minimum absolute atomic E-state index is 0.171. The molecule has 0 bridgehead atoms. The number of carbonyl (C=O) groups is 1. The van der Waals surface area contributed by atoms with Crippen molar-refractivity contribution in [1.82, 2.24) is 0 Å². The summed E-state index contributed by atoms with van der Waals surface area (Å²) in [5.74, 6) is -0.906. The summed E-state index contributed by atoms with van der Waals surface area (Å²) in [5.41, 5.74) is 0.404. The lowest BCUT2D eigenvalue weighted by molar-refractivity contribution is 0.0559. The highest BCUT2D eigenvalue weighted by atomic mass is 127. The van der Waals surface area contributed by atoms with Crippen LogP contribution in [0.25, 0.3) is 0 Å². The van der Waals surface area contributed by atoms with E-state index in [0.29, 0.717) is 5.69 Å². The Morgan fingerprint density at radius 3 is 2.45 bits per heavy atom. The molecule has 0 saturated carbocycles. The Hall–Kier alpha value is -1.55. The minimum Gasteiger partial charge on any atom is -0.463 e. The molecule has 0 fully saturated rings. The highest BCUT2D eigenvalue weighted by molar-refractivity contribution is 14.1. The summed E-state index contributed by atoms with van der Waals surface area (Å²) in [6, 6.07) is 9.23. The number of methoxy groups -OCH3 is 1. The molecule has 6 nitrogen and oxygen atoms in total. The molecule has 0 atom stereocenters. The number of nitrogens with one attached hydrogen (secondary N) is 1. The van der Waals surface area contributed by atoms with Crippen LogP contribution in [0.15, 0.2) is 45.9 Å². The topological polar surface area (TPSA) is 85.6 Å². The first-order valence-electron chi connectivity index (χ1n) is 5.39. The molecule has 1 N–H and O–H groups in total. The maximum atomic E-state index is 12.1. The number of hydrogen-bond donors (Lipinski definition) is 1. The predicted molar refractivity (Wildman–Crippen MR) is 80.0 cm³/mol. The van der Waals surface area contributed by atoms with Crippen LogP contribution >= 0.6 is 22.6 Å². The van der Waals surface area contributed by atoms with Crippen molar-refractivity contribution in [2.24, 2.45) is 0 Å². The zero-order valence-electron chi connectivity index (χ0n) is 10.3. The Bertz CT molecular complexity index is 721. The monoisotopic (exact) mass is 407 g/mol. The molecular weight excluding hydrogens is 397 g/mol. The van der Waals surface area contributed by atoms with Crippen molar-refractivity contribution >= 4 is 44.3 Å². The van der Waals surface area contributed by atoms with E-state index in [1.165, 1.54) is 19.2 Å². The standard InChI is InChI=1S/C12H10INO5S/c1-18-12(15)10-6-7-11(19-10)20(16,17)14-9-4-2-8(13)3-5-9/h2-7,14H,1H3. The number of rotatable bonds is 4. The smallest absolute Gasteiger partial charge is 0.374 e. The van der Waals surface area contributed by atoms with E-state index >= 15 is 0 Å². The van der Waals surface area contributed by atoms with Gasteiger partial charge < -0.3 is 9.15 Å². The summed E-state index contributed by atoms with van der Waals surface area (Å²) < 4.78 is 36.9. The molecule has 8 heteroatoms. The molecule has 0 radical (unpaired) electrons. The van der Waals surface area contributed by atoms with Gasteiger partial charge in [0, 0.05) is 9.26 Å². The number of hydrogen-bond acceptors (Lipinski definition) is 5. The van der Waals surface area contributed by atoms with Crippen molar-refractivity contribution in [3.8, 4) is 0 Å². The van der Waals surface area contributed by atoms with E-state index in [9.17, 15) is 13.2 Å². The molecule has 1 aromatic heterocycles. The van der Waals surface area contributed by atoms with Crippen LogP contribution in [0.1, 0.15) is 10.6 Å². The highest BCUT2D eigenvalue weighted by Gasteiger charge is 2.21. The van der Waals surface area contributed by atoms with Crippen molar-refractivity contribution in [2.45, 2.75) is 5.09 Å². The van der Waals surface area contributed by atoms with Gasteiger partial charge in [0.05, 0.1) is 7.11 Å². The second kappa shape index (κ2) is 5.83. The quantitative estimate of drug-likeness (QED) is 0.622. The zero-order chi connectivity index (χ0) is 14.8. The van der Waals surface area contributed by atoms with E-state index in [1.807, 2.05) is 0 Å². The summed E-state index contributed by atoms with van der Waals surface area (Å²) in [4.78, 5) is 11.2. The number of benzene rings is 1. The van der Waals surface area contributed by atoms with Gasteiger partial charge in [-0.05, 0) is 59.0 Å². The lowest BCUT2D eigenvalue weighted by Crippen LogP contribution is -2.12. The molecule has 106 valence electrons. The maximum absolute atomic E-state index is 12.1. The van der Waals surface area contributed by atoms with E-state index in [0.717, 1.165) is 3.57 Å². The third-order valence-electron chi connectivity index (χ3n) is 2.33. The number of anilines is 1. The van der Waals surface area contributed by atoms with Gasteiger partial charge in [-0.1, -0.05) is 0 Å². The maximum Gasteiger partial charge on any atom is 0.374 e. The van der Waals surface area contributed by atoms with Crippen LogP contribution in [0.3, 0.4) is 0 Å². The van der Waals surface area contributed by atoms with Gasteiger partial charge in [-0.25, -0.2) is 4.79 Å². The first-order chi connectivity index (χ1) is 9.42. The molecule has 0 unspecified atom stereocenters. The Labute approximate surface area is 129 Å². The van der Waals surface area contributed by atoms with Gasteiger partial charge in [-0.2, -0.15) is 8.42 Å². The van der Waals surface area contributed by atoms with E-state index in [-0.39, 0.29) is 10.9 Å². The number of ether oxygens (including phenoxy) is 1. The molecule has 0 aliphatic heterocycles. The minimum atomic E-state index is -3.87. The fourth-order valence-electron chi connectivity index (χ4n) is 1.40. The van der Waals surface area contributed by atoms with Gasteiger partial charge in [-0.15, -0.1) is 0 Å². The number of furan rings is 1. The lowest BCUT2D eigenvalue weighted by Gasteiger charge is -2.05. The first-order valence-corrected chi connectivity index (χ1v) is 7.95. The van der Waals surface area contributed by atoms with Gasteiger partial charge >= 0.3 is 5.97 Å². The third kappa shape index (κ3) is 3.31. The van der Waals surface area contributed by atoms with Crippen molar-refractivity contribution in [3.05, 3.63) is 45.7 Å². The molecule has 2 rings (SSSR count).